The number of ketones is 1. The van der Waals surface area contributed by atoms with Crippen LogP contribution in [0.4, 0.5) is 13.2 Å². The van der Waals surface area contributed by atoms with Crippen LogP contribution in [0.25, 0.3) is 10.9 Å². The van der Waals surface area contributed by atoms with E-state index in [1.54, 1.807) is 18.2 Å². The van der Waals surface area contributed by atoms with Crippen molar-refractivity contribution in [3.05, 3.63) is 58.8 Å². The van der Waals surface area contributed by atoms with Crippen molar-refractivity contribution >= 4 is 16.7 Å². The molecule has 0 saturated heterocycles. The van der Waals surface area contributed by atoms with Gasteiger partial charge in [-0.25, -0.2) is 0 Å². The number of hydrogen-bond donors (Lipinski definition) is 3. The average molecular weight is 435 g/mol. The summed E-state index contributed by atoms with van der Waals surface area (Å²) in [4.78, 5) is 16.4. The maximum atomic E-state index is 13.3. The van der Waals surface area contributed by atoms with E-state index in [9.17, 15) is 23.1 Å². The lowest BCUT2D eigenvalue weighted by molar-refractivity contribution is -0.274. The van der Waals surface area contributed by atoms with E-state index in [0.717, 1.165) is 0 Å². The molecular formula is C22H20F3NO5. The van der Waals surface area contributed by atoms with Gasteiger partial charge in [-0.15, -0.1) is 13.2 Å². The van der Waals surface area contributed by atoms with Crippen LogP contribution in [-0.4, -0.2) is 46.7 Å². The minimum absolute atomic E-state index is 0.108. The van der Waals surface area contributed by atoms with E-state index in [4.69, 9.17) is 9.84 Å². The molecule has 1 aliphatic carbocycles. The average Bonchev–Trinajstić information content (AvgIpc) is 3.09. The maximum Gasteiger partial charge on any atom is 0.573 e. The fraction of sp³-hybridized carbons (Fsp3) is 0.318. The molecule has 0 fully saturated rings. The Hall–Kier alpha value is -3.04. The van der Waals surface area contributed by atoms with Gasteiger partial charge in [-0.05, 0) is 35.9 Å². The maximum absolute atomic E-state index is 13.3. The van der Waals surface area contributed by atoms with Crippen molar-refractivity contribution < 1.29 is 37.7 Å². The Kier molecular flexibility index (Phi) is 4.98. The summed E-state index contributed by atoms with van der Waals surface area (Å²) in [6.45, 7) is 3.24. The first-order chi connectivity index (χ1) is 14.5. The largest absolute Gasteiger partial charge is 0.573 e. The fourth-order valence-electron chi connectivity index (χ4n) is 3.92. The third kappa shape index (κ3) is 3.75. The highest BCUT2D eigenvalue weighted by atomic mass is 19.4. The summed E-state index contributed by atoms with van der Waals surface area (Å²) in [5, 5.41) is 18.9. The van der Waals surface area contributed by atoms with Crippen LogP contribution in [0.15, 0.2) is 36.4 Å². The van der Waals surface area contributed by atoms with Crippen molar-refractivity contribution in [3.8, 4) is 11.5 Å². The number of carbonyl (C=O) groups excluding carboxylic acids is 1. The molecule has 0 spiro atoms. The number of aromatic nitrogens is 1. The number of benzene rings is 2. The molecule has 1 aromatic heterocycles. The Morgan fingerprint density at radius 2 is 1.84 bits per heavy atom. The van der Waals surface area contributed by atoms with Crippen LogP contribution < -0.4 is 9.47 Å². The van der Waals surface area contributed by atoms with Crippen LogP contribution >= 0.6 is 0 Å². The van der Waals surface area contributed by atoms with Crippen LogP contribution in [0.5, 0.6) is 11.5 Å². The van der Waals surface area contributed by atoms with E-state index in [2.05, 4.69) is 9.72 Å². The zero-order valence-corrected chi connectivity index (χ0v) is 16.7. The molecule has 0 aliphatic heterocycles. The molecule has 1 aliphatic rings. The van der Waals surface area contributed by atoms with E-state index >= 15 is 0 Å². The molecular weight excluding hydrogens is 415 g/mol. The number of H-pyrrole nitrogens is 1. The number of halogens is 3. The summed E-state index contributed by atoms with van der Waals surface area (Å²) in [5.74, 6) is -0.200. The SMILES string of the molecule is CC1(C)c2cc(OC[C@H](O)CO)ccc2C(=O)c2c1[nH]c1cc(OC(F)(F)F)ccc21. The number of carbonyl (C=O) groups is 1. The molecule has 164 valence electrons. The molecule has 0 saturated carbocycles. The number of aromatic amines is 1. The molecule has 0 unspecified atom stereocenters. The standard InChI is InChI=1S/C22H20F3NO5/c1-21(2)16-7-12(30-10-11(28)9-27)3-5-14(16)19(29)18-15-6-4-13(31-22(23,24)25)8-17(15)26-20(18)21/h3-8,11,26-28H,9-10H2,1-2H3/t11-/m1/s1. The smallest absolute Gasteiger partial charge is 0.491 e. The number of aliphatic hydroxyl groups excluding tert-OH is 2. The molecule has 31 heavy (non-hydrogen) atoms. The number of alkyl halides is 3. The van der Waals surface area contributed by atoms with Gasteiger partial charge in [0.15, 0.2) is 5.78 Å². The van der Waals surface area contributed by atoms with E-state index in [-0.39, 0.29) is 18.1 Å². The van der Waals surface area contributed by atoms with E-state index in [0.29, 0.717) is 39.0 Å². The Labute approximate surface area is 175 Å². The Morgan fingerprint density at radius 1 is 1.13 bits per heavy atom. The fourth-order valence-corrected chi connectivity index (χ4v) is 3.92. The lowest BCUT2D eigenvalue weighted by Gasteiger charge is -2.32. The van der Waals surface area contributed by atoms with Gasteiger partial charge in [-0.2, -0.15) is 0 Å². The van der Waals surface area contributed by atoms with Gasteiger partial charge in [-0.1, -0.05) is 13.8 Å². The van der Waals surface area contributed by atoms with Crippen molar-refractivity contribution in [3.63, 3.8) is 0 Å². The van der Waals surface area contributed by atoms with Gasteiger partial charge in [-0.3, -0.25) is 4.79 Å². The van der Waals surface area contributed by atoms with Crippen LogP contribution in [0.1, 0.15) is 41.0 Å². The van der Waals surface area contributed by atoms with Gasteiger partial charge in [0.05, 0.1) is 17.7 Å². The van der Waals surface area contributed by atoms with E-state index in [1.807, 2.05) is 13.8 Å². The number of aliphatic hydroxyl groups is 2. The molecule has 3 N–H and O–H groups in total. The number of ether oxygens (including phenoxy) is 2. The Bertz CT molecular complexity index is 1170. The molecule has 1 heterocycles. The zero-order chi connectivity index (χ0) is 22.6. The first-order valence-electron chi connectivity index (χ1n) is 9.54. The first kappa shape index (κ1) is 21.2. The van der Waals surface area contributed by atoms with Gasteiger partial charge in [0.25, 0.3) is 0 Å². The normalized spacial score (nSPS) is 16.0. The number of rotatable bonds is 5. The van der Waals surface area contributed by atoms with Gasteiger partial charge in [0.2, 0.25) is 0 Å². The third-order valence-electron chi connectivity index (χ3n) is 5.42. The lowest BCUT2D eigenvalue weighted by atomic mass is 9.71. The minimum atomic E-state index is -4.81. The van der Waals surface area contributed by atoms with E-state index in [1.165, 1.54) is 18.2 Å². The monoisotopic (exact) mass is 435 g/mol. The van der Waals surface area contributed by atoms with Crippen molar-refractivity contribution in [2.45, 2.75) is 31.7 Å². The van der Waals surface area contributed by atoms with Gasteiger partial charge >= 0.3 is 6.36 Å². The van der Waals surface area contributed by atoms with Gasteiger partial charge < -0.3 is 24.7 Å². The van der Waals surface area contributed by atoms with Crippen molar-refractivity contribution in [1.82, 2.24) is 4.98 Å². The number of fused-ring (bicyclic) bond motifs is 4. The summed E-state index contributed by atoms with van der Waals surface area (Å²) >= 11 is 0. The van der Waals surface area contributed by atoms with E-state index < -0.39 is 24.5 Å². The summed E-state index contributed by atoms with van der Waals surface area (Å²) in [6, 6.07) is 8.78. The summed E-state index contributed by atoms with van der Waals surface area (Å²) in [7, 11) is 0. The summed E-state index contributed by atoms with van der Waals surface area (Å²) in [6.07, 6.45) is -5.84. The molecule has 2 aromatic carbocycles. The van der Waals surface area contributed by atoms with Crippen LogP contribution in [0.2, 0.25) is 0 Å². The molecule has 6 nitrogen and oxygen atoms in total. The van der Waals surface area contributed by atoms with Gasteiger partial charge in [0, 0.05) is 28.1 Å². The molecule has 0 radical (unpaired) electrons. The van der Waals surface area contributed by atoms with Gasteiger partial charge in [0.1, 0.15) is 24.2 Å². The second kappa shape index (κ2) is 7.28. The lowest BCUT2D eigenvalue weighted by Crippen LogP contribution is -2.30. The third-order valence-corrected chi connectivity index (χ3v) is 5.42. The molecule has 0 amide bonds. The van der Waals surface area contributed by atoms with Crippen molar-refractivity contribution in [2.24, 2.45) is 0 Å². The Morgan fingerprint density at radius 3 is 2.52 bits per heavy atom. The molecule has 1 atom stereocenters. The van der Waals surface area contributed by atoms with Crippen LogP contribution in [-0.2, 0) is 5.41 Å². The Balaban J connectivity index is 1.77. The quantitative estimate of drug-likeness (QED) is 0.569. The summed E-state index contributed by atoms with van der Waals surface area (Å²) in [5.41, 5.74) is 1.82. The second-order valence-electron chi connectivity index (χ2n) is 7.94. The van der Waals surface area contributed by atoms with Crippen LogP contribution in [0.3, 0.4) is 0 Å². The summed E-state index contributed by atoms with van der Waals surface area (Å²) < 4.78 is 47.2. The zero-order valence-electron chi connectivity index (χ0n) is 16.7. The predicted molar refractivity (Wildman–Crippen MR) is 106 cm³/mol. The number of nitrogens with one attached hydrogen (secondary N) is 1. The minimum Gasteiger partial charge on any atom is -0.491 e. The number of hydrogen-bond acceptors (Lipinski definition) is 5. The highest BCUT2D eigenvalue weighted by molar-refractivity contribution is 6.20. The molecule has 9 heteroatoms. The van der Waals surface area contributed by atoms with Crippen LogP contribution in [0, 0.1) is 0 Å². The van der Waals surface area contributed by atoms with Crippen molar-refractivity contribution in [1.29, 1.82) is 0 Å². The highest BCUT2D eigenvalue weighted by Crippen LogP contribution is 2.45. The topological polar surface area (TPSA) is 91.8 Å². The molecule has 0 bridgehead atoms. The van der Waals surface area contributed by atoms with Crippen molar-refractivity contribution in [2.75, 3.05) is 13.2 Å². The predicted octanol–water partition coefficient (Wildman–Crippen LogP) is 3.67. The molecule has 3 aromatic rings. The second-order valence-corrected chi connectivity index (χ2v) is 7.94. The molecule has 4 rings (SSSR count). The first-order valence-corrected chi connectivity index (χ1v) is 9.54. The highest BCUT2D eigenvalue weighted by Gasteiger charge is 2.40.